The fraction of sp³-hybridized carbons (Fsp3) is 0.667. The standard InChI is InChI=1S/C21H28ClN3O3S/c22-16-5-7-18(8-6-16)29(27,28)25-10-2-4-17(13-25)23-19(26)24-21-12-15-3-1-9-20(21,11-15)14-21/h5-8,15,17H,1-4,9-14H2,(H2,23,24,26). The van der Waals surface area contributed by atoms with Crippen molar-refractivity contribution in [3.05, 3.63) is 29.3 Å². The van der Waals surface area contributed by atoms with Gasteiger partial charge in [0.05, 0.1) is 4.90 Å². The van der Waals surface area contributed by atoms with Gasteiger partial charge < -0.3 is 10.6 Å². The van der Waals surface area contributed by atoms with Gasteiger partial charge in [0.1, 0.15) is 0 Å². The summed E-state index contributed by atoms with van der Waals surface area (Å²) in [6.07, 6.45) is 8.84. The molecule has 2 bridgehead atoms. The third kappa shape index (κ3) is 3.35. The van der Waals surface area contributed by atoms with Gasteiger partial charge in [-0.3, -0.25) is 0 Å². The van der Waals surface area contributed by atoms with Crippen LogP contribution >= 0.6 is 11.6 Å². The van der Waals surface area contributed by atoms with E-state index >= 15 is 0 Å². The minimum atomic E-state index is -3.58. The molecule has 3 saturated carbocycles. The minimum absolute atomic E-state index is 0.00197. The molecule has 158 valence electrons. The number of carbonyl (C=O) groups excluding carboxylic acids is 1. The summed E-state index contributed by atoms with van der Waals surface area (Å²) in [6, 6.07) is 5.94. The number of carbonyl (C=O) groups is 1. The maximum atomic E-state index is 12.9. The molecule has 4 unspecified atom stereocenters. The SMILES string of the molecule is O=C(NC1CCCN(S(=O)(=O)c2ccc(Cl)cc2)C1)NC12CC3CCCC1(C3)C2. The van der Waals surface area contributed by atoms with Crippen molar-refractivity contribution in [3.63, 3.8) is 0 Å². The van der Waals surface area contributed by atoms with Gasteiger partial charge in [-0.15, -0.1) is 0 Å². The molecule has 1 aromatic rings. The monoisotopic (exact) mass is 437 g/mol. The Bertz CT molecular complexity index is 922. The number of fused-ring (bicyclic) bond motifs is 1. The second-order valence-electron chi connectivity index (χ2n) is 9.46. The van der Waals surface area contributed by atoms with Crippen molar-refractivity contribution in [1.82, 2.24) is 14.9 Å². The Morgan fingerprint density at radius 3 is 2.69 bits per heavy atom. The second kappa shape index (κ2) is 6.86. The number of urea groups is 1. The average Bonchev–Trinajstić information content (AvgIpc) is 3.18. The first kappa shape index (κ1) is 19.6. The van der Waals surface area contributed by atoms with E-state index in [4.69, 9.17) is 11.6 Å². The molecule has 4 fully saturated rings. The lowest BCUT2D eigenvalue weighted by molar-refractivity contribution is 0.218. The summed E-state index contributed by atoms with van der Waals surface area (Å²) in [4.78, 5) is 13.0. The lowest BCUT2D eigenvalue weighted by Gasteiger charge is -2.33. The normalized spacial score (nSPS) is 36.3. The number of nitrogens with zero attached hydrogens (tertiary/aromatic N) is 1. The van der Waals surface area contributed by atoms with Crippen LogP contribution in [0.25, 0.3) is 0 Å². The molecule has 4 aliphatic rings. The first-order valence-corrected chi connectivity index (χ1v) is 12.5. The zero-order valence-electron chi connectivity index (χ0n) is 16.5. The van der Waals surface area contributed by atoms with Gasteiger partial charge in [-0.25, -0.2) is 13.2 Å². The van der Waals surface area contributed by atoms with E-state index in [9.17, 15) is 13.2 Å². The molecule has 5 rings (SSSR count). The Hall–Kier alpha value is -1.31. The van der Waals surface area contributed by atoms with E-state index in [0.29, 0.717) is 23.5 Å². The van der Waals surface area contributed by atoms with Gasteiger partial charge in [-0.1, -0.05) is 24.4 Å². The quantitative estimate of drug-likeness (QED) is 0.756. The van der Waals surface area contributed by atoms with Gasteiger partial charge >= 0.3 is 6.03 Å². The average molecular weight is 438 g/mol. The smallest absolute Gasteiger partial charge is 0.315 e. The largest absolute Gasteiger partial charge is 0.334 e. The van der Waals surface area contributed by atoms with Gasteiger partial charge in [-0.05, 0) is 74.1 Å². The zero-order chi connectivity index (χ0) is 20.3. The number of hydrogen-bond acceptors (Lipinski definition) is 3. The van der Waals surface area contributed by atoms with Crippen molar-refractivity contribution in [2.75, 3.05) is 13.1 Å². The number of hydrogen-bond donors (Lipinski definition) is 2. The van der Waals surface area contributed by atoms with Crippen molar-refractivity contribution in [1.29, 1.82) is 0 Å². The van der Waals surface area contributed by atoms with E-state index in [1.807, 2.05) is 0 Å². The van der Waals surface area contributed by atoms with Crippen LogP contribution in [0.1, 0.15) is 51.4 Å². The maximum absolute atomic E-state index is 12.9. The van der Waals surface area contributed by atoms with Crippen molar-refractivity contribution in [3.8, 4) is 0 Å². The third-order valence-electron chi connectivity index (χ3n) is 7.64. The molecule has 1 aliphatic heterocycles. The van der Waals surface area contributed by atoms with E-state index in [1.165, 1.54) is 42.1 Å². The lowest BCUT2D eigenvalue weighted by Crippen LogP contribution is -2.54. The molecule has 2 amide bonds. The number of rotatable bonds is 4. The maximum Gasteiger partial charge on any atom is 0.315 e. The topological polar surface area (TPSA) is 78.5 Å². The fourth-order valence-corrected chi connectivity index (χ4v) is 7.92. The summed E-state index contributed by atoms with van der Waals surface area (Å²) in [5.41, 5.74) is 0.353. The highest BCUT2D eigenvalue weighted by Gasteiger charge is 2.73. The van der Waals surface area contributed by atoms with E-state index in [-0.39, 0.29) is 22.5 Å². The highest BCUT2D eigenvalue weighted by Crippen LogP contribution is 2.73. The first-order chi connectivity index (χ1) is 13.8. The Kier molecular flexibility index (Phi) is 4.64. The van der Waals surface area contributed by atoms with Crippen LogP contribution in [0.4, 0.5) is 4.79 Å². The molecule has 2 N–H and O–H groups in total. The summed E-state index contributed by atoms with van der Waals surface area (Å²) >= 11 is 5.88. The number of piperidine rings is 1. The molecule has 1 heterocycles. The summed E-state index contributed by atoms with van der Waals surface area (Å²) in [7, 11) is -3.58. The van der Waals surface area contributed by atoms with Gasteiger partial charge in [0.15, 0.2) is 0 Å². The third-order valence-corrected chi connectivity index (χ3v) is 9.77. The highest BCUT2D eigenvalue weighted by molar-refractivity contribution is 7.89. The predicted molar refractivity (Wildman–Crippen MR) is 111 cm³/mol. The Balaban J connectivity index is 1.21. The molecule has 6 nitrogen and oxygen atoms in total. The van der Waals surface area contributed by atoms with Gasteiger partial charge in [-0.2, -0.15) is 4.31 Å². The molecule has 29 heavy (non-hydrogen) atoms. The molecule has 8 heteroatoms. The Labute approximate surface area is 177 Å². The Morgan fingerprint density at radius 1 is 1.14 bits per heavy atom. The summed E-state index contributed by atoms with van der Waals surface area (Å²) in [5.74, 6) is 0.771. The zero-order valence-corrected chi connectivity index (χ0v) is 18.1. The Morgan fingerprint density at radius 2 is 1.93 bits per heavy atom. The number of nitrogens with one attached hydrogen (secondary N) is 2. The van der Waals surface area contributed by atoms with Crippen LogP contribution in [0.2, 0.25) is 5.02 Å². The first-order valence-electron chi connectivity index (χ1n) is 10.7. The molecule has 0 aromatic heterocycles. The van der Waals surface area contributed by atoms with Crippen LogP contribution in [0.15, 0.2) is 29.2 Å². The predicted octanol–water partition coefficient (Wildman–Crippen LogP) is 3.52. The number of benzene rings is 1. The molecular formula is C21H28ClN3O3S. The van der Waals surface area contributed by atoms with Crippen LogP contribution in [0.3, 0.4) is 0 Å². The van der Waals surface area contributed by atoms with Crippen LogP contribution in [0.5, 0.6) is 0 Å². The van der Waals surface area contributed by atoms with Crippen molar-refractivity contribution in [2.24, 2.45) is 11.3 Å². The molecular weight excluding hydrogens is 410 g/mol. The van der Waals surface area contributed by atoms with Crippen LogP contribution in [-0.2, 0) is 10.0 Å². The van der Waals surface area contributed by atoms with Crippen molar-refractivity contribution >= 4 is 27.7 Å². The van der Waals surface area contributed by atoms with Crippen LogP contribution < -0.4 is 10.6 Å². The number of amides is 2. The van der Waals surface area contributed by atoms with Gasteiger partial charge in [0.2, 0.25) is 10.0 Å². The second-order valence-corrected chi connectivity index (χ2v) is 11.8. The van der Waals surface area contributed by atoms with Gasteiger partial charge in [0.25, 0.3) is 0 Å². The van der Waals surface area contributed by atoms with Crippen LogP contribution in [0, 0.1) is 11.3 Å². The van der Waals surface area contributed by atoms with Crippen molar-refractivity contribution in [2.45, 2.75) is 67.8 Å². The van der Waals surface area contributed by atoms with E-state index < -0.39 is 10.0 Å². The molecule has 1 spiro atoms. The van der Waals surface area contributed by atoms with E-state index in [0.717, 1.165) is 31.6 Å². The highest BCUT2D eigenvalue weighted by atomic mass is 35.5. The van der Waals surface area contributed by atoms with Crippen LogP contribution in [-0.4, -0.2) is 43.4 Å². The molecule has 0 radical (unpaired) electrons. The summed E-state index contributed by atoms with van der Waals surface area (Å²) in [6.45, 7) is 0.776. The number of halogens is 1. The number of sulfonamides is 1. The molecule has 4 atom stereocenters. The minimum Gasteiger partial charge on any atom is -0.334 e. The van der Waals surface area contributed by atoms with E-state index in [1.54, 1.807) is 12.1 Å². The van der Waals surface area contributed by atoms with Crippen molar-refractivity contribution < 1.29 is 13.2 Å². The van der Waals surface area contributed by atoms with Gasteiger partial charge in [0, 0.05) is 29.7 Å². The molecule has 1 aromatic carbocycles. The van der Waals surface area contributed by atoms with E-state index in [2.05, 4.69) is 10.6 Å². The molecule has 1 saturated heterocycles. The molecule has 3 aliphatic carbocycles. The fourth-order valence-electron chi connectivity index (χ4n) is 6.27. The summed E-state index contributed by atoms with van der Waals surface area (Å²) in [5, 5.41) is 6.86. The summed E-state index contributed by atoms with van der Waals surface area (Å²) < 4.78 is 27.4. The lowest BCUT2D eigenvalue weighted by atomic mass is 9.83.